The summed E-state index contributed by atoms with van der Waals surface area (Å²) in [5.41, 5.74) is 4.83. The second kappa shape index (κ2) is 4.53. The molecule has 0 bridgehead atoms. The number of halogens is 2. The number of nitrogens with zero attached hydrogens (tertiary/aromatic N) is 1. The van der Waals surface area contributed by atoms with Gasteiger partial charge in [0.15, 0.2) is 0 Å². The molecule has 1 aromatic heterocycles. The molecule has 1 aromatic carbocycles. The molecule has 90 valence electrons. The zero-order chi connectivity index (χ0) is 12.6. The third kappa shape index (κ3) is 2.37. The van der Waals surface area contributed by atoms with Gasteiger partial charge in [0, 0.05) is 18.4 Å². The topological polar surface area (TPSA) is 4.93 Å². The molecule has 0 N–H and O–H groups in total. The molecule has 0 saturated carbocycles. The van der Waals surface area contributed by atoms with E-state index in [0.717, 1.165) is 12.1 Å². The first-order chi connectivity index (χ1) is 7.99. The summed E-state index contributed by atoms with van der Waals surface area (Å²) in [6.07, 6.45) is 2.11. The Morgan fingerprint density at radius 1 is 1.24 bits per heavy atom. The molecule has 2 rings (SSSR count). The maximum Gasteiger partial charge on any atom is 0.141 e. The van der Waals surface area contributed by atoms with Crippen molar-refractivity contribution < 1.29 is 4.39 Å². The highest BCUT2D eigenvalue weighted by molar-refractivity contribution is 6.30. The van der Waals surface area contributed by atoms with Gasteiger partial charge in [-0.3, -0.25) is 0 Å². The monoisotopic (exact) mass is 251 g/mol. The highest BCUT2D eigenvalue weighted by Crippen LogP contribution is 2.19. The summed E-state index contributed by atoms with van der Waals surface area (Å²) >= 11 is 5.77. The predicted octanol–water partition coefficient (Wildman–Crippen LogP) is 4.25. The summed E-state index contributed by atoms with van der Waals surface area (Å²) in [6.45, 7) is 7.02. The van der Waals surface area contributed by atoms with Crippen molar-refractivity contribution in [3.63, 3.8) is 0 Å². The standard InChI is InChI=1S/C14H15ClFN/c1-9-7-17(11(3)10(9)2)8-12-4-5-14(16)13(15)6-12/h4-7H,8H2,1-3H3. The van der Waals surface area contributed by atoms with Crippen molar-refractivity contribution in [3.8, 4) is 0 Å². The molecule has 17 heavy (non-hydrogen) atoms. The van der Waals surface area contributed by atoms with Gasteiger partial charge in [0.05, 0.1) is 5.02 Å². The molecule has 3 heteroatoms. The Hall–Kier alpha value is -1.28. The fourth-order valence-electron chi connectivity index (χ4n) is 1.93. The Morgan fingerprint density at radius 3 is 2.47 bits per heavy atom. The quantitative estimate of drug-likeness (QED) is 0.752. The summed E-state index contributed by atoms with van der Waals surface area (Å²) < 4.78 is 15.2. The molecule has 1 nitrogen and oxygen atoms in total. The molecule has 0 saturated heterocycles. The molecule has 0 aliphatic carbocycles. The van der Waals surface area contributed by atoms with E-state index in [9.17, 15) is 4.39 Å². The van der Waals surface area contributed by atoms with Crippen LogP contribution in [0, 0.1) is 26.6 Å². The summed E-state index contributed by atoms with van der Waals surface area (Å²) in [4.78, 5) is 0. The lowest BCUT2D eigenvalue weighted by atomic mass is 10.2. The molecule has 0 spiro atoms. The second-order valence-corrected chi connectivity index (χ2v) is 4.81. The van der Waals surface area contributed by atoms with Gasteiger partial charge in [-0.15, -0.1) is 0 Å². The van der Waals surface area contributed by atoms with Gasteiger partial charge in [0.25, 0.3) is 0 Å². The van der Waals surface area contributed by atoms with E-state index < -0.39 is 0 Å². The number of hydrogen-bond donors (Lipinski definition) is 0. The average Bonchev–Trinajstić information content (AvgIpc) is 2.52. The van der Waals surface area contributed by atoms with Crippen LogP contribution >= 0.6 is 11.6 Å². The molecule has 0 aliphatic heterocycles. The van der Waals surface area contributed by atoms with Crippen molar-refractivity contribution in [2.24, 2.45) is 0 Å². The number of benzene rings is 1. The first-order valence-corrected chi connectivity index (χ1v) is 5.93. The van der Waals surface area contributed by atoms with Crippen molar-refractivity contribution in [3.05, 3.63) is 57.6 Å². The minimum Gasteiger partial charge on any atom is -0.347 e. The van der Waals surface area contributed by atoms with Crippen LogP contribution in [0.1, 0.15) is 22.4 Å². The van der Waals surface area contributed by atoms with Gasteiger partial charge in [-0.05, 0) is 49.6 Å². The third-order valence-electron chi connectivity index (χ3n) is 3.25. The summed E-state index contributed by atoms with van der Waals surface area (Å²) in [6, 6.07) is 4.86. The second-order valence-electron chi connectivity index (χ2n) is 4.40. The smallest absolute Gasteiger partial charge is 0.141 e. The molecule has 0 radical (unpaired) electrons. The minimum atomic E-state index is -0.369. The summed E-state index contributed by atoms with van der Waals surface area (Å²) in [5, 5.41) is 0.181. The van der Waals surface area contributed by atoms with Crippen LogP contribution in [-0.4, -0.2) is 4.57 Å². The van der Waals surface area contributed by atoms with E-state index >= 15 is 0 Å². The fraction of sp³-hybridized carbons (Fsp3) is 0.286. The van der Waals surface area contributed by atoms with Crippen LogP contribution in [-0.2, 0) is 6.54 Å². The Kier molecular flexibility index (Phi) is 3.25. The number of hydrogen-bond acceptors (Lipinski definition) is 0. The van der Waals surface area contributed by atoms with Crippen molar-refractivity contribution >= 4 is 11.6 Å². The summed E-state index contributed by atoms with van der Waals surface area (Å²) in [5.74, 6) is -0.369. The van der Waals surface area contributed by atoms with Crippen molar-refractivity contribution in [1.29, 1.82) is 0 Å². The lowest BCUT2D eigenvalue weighted by Gasteiger charge is -2.07. The predicted molar refractivity (Wildman–Crippen MR) is 69.2 cm³/mol. The minimum absolute atomic E-state index is 0.181. The van der Waals surface area contributed by atoms with E-state index in [1.165, 1.54) is 22.9 Å². The molecule has 0 unspecified atom stereocenters. The van der Waals surface area contributed by atoms with Gasteiger partial charge in [-0.25, -0.2) is 4.39 Å². The lowest BCUT2D eigenvalue weighted by Crippen LogP contribution is -2.00. The van der Waals surface area contributed by atoms with E-state index in [1.54, 1.807) is 12.1 Å². The Bertz CT molecular complexity index is 558. The van der Waals surface area contributed by atoms with Crippen LogP contribution in [0.25, 0.3) is 0 Å². The normalized spacial score (nSPS) is 10.9. The fourth-order valence-corrected chi connectivity index (χ4v) is 2.13. The highest BCUT2D eigenvalue weighted by Gasteiger charge is 2.07. The van der Waals surface area contributed by atoms with E-state index in [1.807, 2.05) is 0 Å². The van der Waals surface area contributed by atoms with Crippen molar-refractivity contribution in [2.75, 3.05) is 0 Å². The molecule has 0 atom stereocenters. The summed E-state index contributed by atoms with van der Waals surface area (Å²) in [7, 11) is 0. The lowest BCUT2D eigenvalue weighted by molar-refractivity contribution is 0.626. The third-order valence-corrected chi connectivity index (χ3v) is 3.54. The van der Waals surface area contributed by atoms with Gasteiger partial charge >= 0.3 is 0 Å². The molecule has 0 fully saturated rings. The van der Waals surface area contributed by atoms with Crippen LogP contribution < -0.4 is 0 Å². The largest absolute Gasteiger partial charge is 0.347 e. The molecular formula is C14H15ClFN. The molecule has 2 aromatic rings. The van der Waals surface area contributed by atoms with Crippen LogP contribution in [0.15, 0.2) is 24.4 Å². The highest BCUT2D eigenvalue weighted by atomic mass is 35.5. The van der Waals surface area contributed by atoms with Crippen molar-refractivity contribution in [2.45, 2.75) is 27.3 Å². The van der Waals surface area contributed by atoms with E-state index in [4.69, 9.17) is 11.6 Å². The zero-order valence-corrected chi connectivity index (χ0v) is 11.0. The molecule has 0 amide bonds. The van der Waals surface area contributed by atoms with Gasteiger partial charge in [-0.1, -0.05) is 17.7 Å². The van der Waals surface area contributed by atoms with Crippen LogP contribution in [0.2, 0.25) is 5.02 Å². The molecule has 0 aliphatic rings. The zero-order valence-electron chi connectivity index (χ0n) is 10.2. The number of aryl methyl sites for hydroxylation is 1. The van der Waals surface area contributed by atoms with Crippen LogP contribution in [0.3, 0.4) is 0 Å². The van der Waals surface area contributed by atoms with Crippen LogP contribution in [0.5, 0.6) is 0 Å². The maximum absolute atomic E-state index is 13.0. The first kappa shape index (κ1) is 12.2. The van der Waals surface area contributed by atoms with Crippen molar-refractivity contribution in [1.82, 2.24) is 4.57 Å². The first-order valence-electron chi connectivity index (χ1n) is 5.56. The van der Waals surface area contributed by atoms with Gasteiger partial charge < -0.3 is 4.57 Å². The van der Waals surface area contributed by atoms with Gasteiger partial charge in [0.2, 0.25) is 0 Å². The maximum atomic E-state index is 13.0. The molecular weight excluding hydrogens is 237 g/mol. The number of aromatic nitrogens is 1. The van der Waals surface area contributed by atoms with Crippen LogP contribution in [0.4, 0.5) is 4.39 Å². The Balaban J connectivity index is 2.31. The molecule has 1 heterocycles. The van der Waals surface area contributed by atoms with E-state index in [0.29, 0.717) is 0 Å². The number of rotatable bonds is 2. The van der Waals surface area contributed by atoms with Gasteiger partial charge in [-0.2, -0.15) is 0 Å². The van der Waals surface area contributed by atoms with E-state index in [-0.39, 0.29) is 10.8 Å². The Morgan fingerprint density at radius 2 is 1.94 bits per heavy atom. The SMILES string of the molecule is Cc1cn(Cc2ccc(F)c(Cl)c2)c(C)c1C. The Labute approximate surface area is 106 Å². The van der Waals surface area contributed by atoms with Gasteiger partial charge in [0.1, 0.15) is 5.82 Å². The van der Waals surface area contributed by atoms with E-state index in [2.05, 4.69) is 31.5 Å². The average molecular weight is 252 g/mol.